The van der Waals surface area contributed by atoms with E-state index in [1.54, 1.807) is 12.5 Å². The summed E-state index contributed by atoms with van der Waals surface area (Å²) < 4.78 is 1.91. The van der Waals surface area contributed by atoms with E-state index in [1.807, 2.05) is 35.9 Å². The lowest BCUT2D eigenvalue weighted by molar-refractivity contribution is 0.787. The summed E-state index contributed by atoms with van der Waals surface area (Å²) in [5, 5.41) is 11.1. The van der Waals surface area contributed by atoms with E-state index in [0.717, 1.165) is 35.6 Å². The monoisotopic (exact) mass is 254 g/mol. The number of para-hydroxylation sites is 2. The second kappa shape index (κ2) is 5.01. The largest absolute Gasteiger partial charge is 0.368 e. The molecule has 2 heterocycles. The smallest absolute Gasteiger partial charge is 0.145 e. The molecule has 0 aliphatic rings. The Kier molecular flexibility index (Phi) is 3.06. The summed E-state index contributed by atoms with van der Waals surface area (Å²) in [5.74, 6) is 1.72. The summed E-state index contributed by atoms with van der Waals surface area (Å²) in [4.78, 5) is 8.86. The van der Waals surface area contributed by atoms with Crippen LogP contribution in [0.2, 0.25) is 0 Å². The summed E-state index contributed by atoms with van der Waals surface area (Å²) in [7, 11) is 1.94. The summed E-state index contributed by atoms with van der Waals surface area (Å²) in [6.45, 7) is 0.750. The van der Waals surface area contributed by atoms with Gasteiger partial charge in [0.1, 0.15) is 18.0 Å². The topological polar surface area (TPSA) is 68.5 Å². The van der Waals surface area contributed by atoms with Crippen molar-refractivity contribution in [3.63, 3.8) is 0 Å². The molecule has 1 aromatic carbocycles. The molecule has 96 valence electrons. The van der Waals surface area contributed by atoms with Gasteiger partial charge in [-0.15, -0.1) is 10.2 Å². The van der Waals surface area contributed by atoms with Gasteiger partial charge in [-0.3, -0.25) is 4.98 Å². The molecule has 0 fully saturated rings. The highest BCUT2D eigenvalue weighted by Gasteiger charge is 2.01. The van der Waals surface area contributed by atoms with Crippen LogP contribution < -0.4 is 5.32 Å². The first kappa shape index (κ1) is 11.6. The van der Waals surface area contributed by atoms with Crippen molar-refractivity contribution in [1.82, 2.24) is 24.7 Å². The Morgan fingerprint density at radius 2 is 2.05 bits per heavy atom. The zero-order valence-corrected chi connectivity index (χ0v) is 10.6. The fourth-order valence-corrected chi connectivity index (χ4v) is 1.88. The summed E-state index contributed by atoms with van der Waals surface area (Å²) in [5.41, 5.74) is 1.80. The summed E-state index contributed by atoms with van der Waals surface area (Å²) in [6, 6.07) is 7.82. The van der Waals surface area contributed by atoms with E-state index in [9.17, 15) is 0 Å². The van der Waals surface area contributed by atoms with Crippen molar-refractivity contribution in [1.29, 1.82) is 0 Å². The van der Waals surface area contributed by atoms with Crippen LogP contribution in [-0.2, 0) is 13.5 Å². The fourth-order valence-electron chi connectivity index (χ4n) is 1.88. The molecule has 6 heteroatoms. The van der Waals surface area contributed by atoms with Crippen molar-refractivity contribution in [2.75, 3.05) is 11.9 Å². The molecule has 2 aromatic heterocycles. The molecule has 0 saturated carbocycles. The van der Waals surface area contributed by atoms with Crippen LogP contribution in [0.15, 0.2) is 36.8 Å². The normalized spacial score (nSPS) is 10.8. The maximum atomic E-state index is 4.50. The second-order valence-corrected chi connectivity index (χ2v) is 4.28. The molecule has 0 radical (unpaired) electrons. The van der Waals surface area contributed by atoms with Gasteiger partial charge in [-0.25, -0.2) is 4.98 Å². The van der Waals surface area contributed by atoms with Crippen molar-refractivity contribution in [3.05, 3.63) is 42.6 Å². The molecular formula is C13H14N6. The van der Waals surface area contributed by atoms with E-state index < -0.39 is 0 Å². The molecule has 3 aromatic rings. The van der Waals surface area contributed by atoms with Crippen molar-refractivity contribution in [2.45, 2.75) is 6.42 Å². The maximum absolute atomic E-state index is 4.50. The number of fused-ring (bicyclic) bond motifs is 1. The van der Waals surface area contributed by atoms with E-state index in [4.69, 9.17) is 0 Å². The van der Waals surface area contributed by atoms with Gasteiger partial charge in [0, 0.05) is 20.0 Å². The maximum Gasteiger partial charge on any atom is 0.145 e. The first-order chi connectivity index (χ1) is 9.33. The number of nitrogens with one attached hydrogen (secondary N) is 1. The number of benzene rings is 1. The van der Waals surface area contributed by atoms with Gasteiger partial charge >= 0.3 is 0 Å². The quantitative estimate of drug-likeness (QED) is 0.762. The molecule has 0 bridgehead atoms. The van der Waals surface area contributed by atoms with Gasteiger partial charge in [0.05, 0.1) is 17.2 Å². The van der Waals surface area contributed by atoms with E-state index in [-0.39, 0.29) is 0 Å². The van der Waals surface area contributed by atoms with Crippen molar-refractivity contribution >= 4 is 16.9 Å². The third-order valence-electron chi connectivity index (χ3n) is 2.91. The average molecular weight is 254 g/mol. The van der Waals surface area contributed by atoms with Crippen LogP contribution in [0.5, 0.6) is 0 Å². The summed E-state index contributed by atoms with van der Waals surface area (Å²) >= 11 is 0. The molecule has 3 rings (SSSR count). The molecule has 0 spiro atoms. The molecule has 0 amide bonds. The Morgan fingerprint density at radius 3 is 2.84 bits per heavy atom. The molecule has 0 saturated heterocycles. The standard InChI is InChI=1S/C13H14N6/c1-19-9-16-18-13(19)6-7-14-12-8-15-10-4-2-3-5-11(10)17-12/h2-5,8-9H,6-7H2,1H3,(H,14,17). The van der Waals surface area contributed by atoms with E-state index in [1.165, 1.54) is 0 Å². The van der Waals surface area contributed by atoms with Crippen LogP contribution in [0, 0.1) is 0 Å². The highest BCUT2D eigenvalue weighted by molar-refractivity contribution is 5.75. The Morgan fingerprint density at radius 1 is 1.21 bits per heavy atom. The Balaban J connectivity index is 1.67. The average Bonchev–Trinajstić information content (AvgIpc) is 2.84. The number of anilines is 1. The van der Waals surface area contributed by atoms with Gasteiger partial charge in [-0.2, -0.15) is 0 Å². The van der Waals surface area contributed by atoms with Gasteiger partial charge < -0.3 is 9.88 Å². The molecular weight excluding hydrogens is 240 g/mol. The minimum absolute atomic E-state index is 0.750. The van der Waals surface area contributed by atoms with Gasteiger partial charge in [0.2, 0.25) is 0 Å². The Hall–Kier alpha value is -2.50. The number of aryl methyl sites for hydroxylation is 1. The minimum atomic E-state index is 0.750. The molecule has 0 aliphatic carbocycles. The second-order valence-electron chi connectivity index (χ2n) is 4.28. The fraction of sp³-hybridized carbons (Fsp3) is 0.231. The minimum Gasteiger partial charge on any atom is -0.368 e. The first-order valence-electron chi connectivity index (χ1n) is 6.11. The SMILES string of the molecule is Cn1cnnc1CCNc1cnc2ccccc2n1. The lowest BCUT2D eigenvalue weighted by Gasteiger charge is -2.05. The van der Waals surface area contributed by atoms with Gasteiger partial charge in [0.15, 0.2) is 0 Å². The number of aromatic nitrogens is 5. The van der Waals surface area contributed by atoms with E-state index >= 15 is 0 Å². The number of nitrogens with zero attached hydrogens (tertiary/aromatic N) is 5. The first-order valence-corrected chi connectivity index (χ1v) is 6.11. The van der Waals surface area contributed by atoms with Crippen LogP contribution in [0.3, 0.4) is 0 Å². The lowest BCUT2D eigenvalue weighted by Crippen LogP contribution is -2.09. The molecule has 0 unspecified atom stereocenters. The predicted octanol–water partition coefficient (Wildman–Crippen LogP) is 1.41. The molecule has 0 atom stereocenters. The van der Waals surface area contributed by atoms with Crippen LogP contribution in [0.1, 0.15) is 5.82 Å². The van der Waals surface area contributed by atoms with Crippen molar-refractivity contribution in [3.8, 4) is 0 Å². The zero-order chi connectivity index (χ0) is 13.1. The van der Waals surface area contributed by atoms with Gasteiger partial charge in [-0.05, 0) is 12.1 Å². The molecule has 0 aliphatic heterocycles. The third kappa shape index (κ3) is 2.52. The zero-order valence-electron chi connectivity index (χ0n) is 10.6. The van der Waals surface area contributed by atoms with E-state index in [2.05, 4.69) is 25.5 Å². The predicted molar refractivity (Wildman–Crippen MR) is 72.7 cm³/mol. The number of hydrogen-bond donors (Lipinski definition) is 1. The van der Waals surface area contributed by atoms with Gasteiger partial charge in [-0.1, -0.05) is 12.1 Å². The third-order valence-corrected chi connectivity index (χ3v) is 2.91. The molecule has 6 nitrogen and oxygen atoms in total. The van der Waals surface area contributed by atoms with Gasteiger partial charge in [0.25, 0.3) is 0 Å². The number of rotatable bonds is 4. The van der Waals surface area contributed by atoms with E-state index in [0.29, 0.717) is 0 Å². The van der Waals surface area contributed by atoms with Crippen LogP contribution in [0.4, 0.5) is 5.82 Å². The molecule has 19 heavy (non-hydrogen) atoms. The van der Waals surface area contributed by atoms with Crippen LogP contribution >= 0.6 is 0 Å². The highest BCUT2D eigenvalue weighted by Crippen LogP contribution is 2.11. The molecule has 1 N–H and O–H groups in total. The Labute approximate surface area is 110 Å². The van der Waals surface area contributed by atoms with Crippen molar-refractivity contribution < 1.29 is 0 Å². The van der Waals surface area contributed by atoms with Crippen LogP contribution in [0.25, 0.3) is 11.0 Å². The van der Waals surface area contributed by atoms with Crippen molar-refractivity contribution in [2.24, 2.45) is 7.05 Å². The highest BCUT2D eigenvalue weighted by atomic mass is 15.2. The number of hydrogen-bond acceptors (Lipinski definition) is 5. The van der Waals surface area contributed by atoms with Crippen LogP contribution in [-0.4, -0.2) is 31.3 Å². The lowest BCUT2D eigenvalue weighted by atomic mass is 10.3. The summed E-state index contributed by atoms with van der Waals surface area (Å²) in [6.07, 6.45) is 4.25. The Bertz CT molecular complexity index is 690.